The van der Waals surface area contributed by atoms with Crippen molar-refractivity contribution in [1.29, 1.82) is 0 Å². The third kappa shape index (κ3) is 4.16. The van der Waals surface area contributed by atoms with Crippen molar-refractivity contribution in [2.24, 2.45) is 0 Å². The minimum atomic E-state index is -0.577. The third-order valence-corrected chi connectivity index (χ3v) is 5.07. The monoisotopic (exact) mass is 335 g/mol. The Morgan fingerprint density at radius 3 is 2.43 bits per heavy atom. The lowest BCUT2D eigenvalue weighted by Gasteiger charge is -2.32. The first-order valence-electron chi connectivity index (χ1n) is 7.49. The number of H-pyrrole nitrogens is 1. The quantitative estimate of drug-likeness (QED) is 0.857. The number of pyridine rings is 1. The molecule has 0 aromatic carbocycles. The fraction of sp³-hybridized carbons (Fsp3) is 0.500. The number of hydrogen-bond acceptors (Lipinski definition) is 5. The lowest BCUT2D eigenvalue weighted by atomic mass is 9.78. The predicted octanol–water partition coefficient (Wildman–Crippen LogP) is 2.67. The number of carbonyl (C=O) groups is 1. The second-order valence-electron chi connectivity index (χ2n) is 6.54. The summed E-state index contributed by atoms with van der Waals surface area (Å²) in [5.74, 6) is 0.417. The standard InChI is InChI=1S/C16H22BNO4S/c1-11(19)23-10-13(9-12-7-6-8-18-14(12)20)17-21-15(2,3)16(4,5)22-17/h6-9H,10H2,1-5H3,(H,18,20). The molecule has 1 N–H and O–H groups in total. The van der Waals surface area contributed by atoms with Crippen molar-refractivity contribution in [3.8, 4) is 0 Å². The van der Waals surface area contributed by atoms with E-state index in [1.165, 1.54) is 18.7 Å². The normalized spacial score (nSPS) is 19.9. The van der Waals surface area contributed by atoms with Gasteiger partial charge in [-0.05, 0) is 45.3 Å². The third-order valence-electron chi connectivity index (χ3n) is 4.19. The summed E-state index contributed by atoms with van der Waals surface area (Å²) in [7, 11) is -0.577. The maximum absolute atomic E-state index is 11.9. The van der Waals surface area contributed by atoms with Crippen LogP contribution in [0.2, 0.25) is 0 Å². The van der Waals surface area contributed by atoms with E-state index in [0.29, 0.717) is 11.3 Å². The summed E-state index contributed by atoms with van der Waals surface area (Å²) in [6.45, 7) is 9.40. The molecule has 7 heteroatoms. The first-order chi connectivity index (χ1) is 10.6. The maximum Gasteiger partial charge on any atom is 0.491 e. The van der Waals surface area contributed by atoms with Crippen LogP contribution in [-0.4, -0.2) is 34.2 Å². The number of carbonyl (C=O) groups excluding carboxylic acids is 1. The molecule has 0 radical (unpaired) electrons. The second-order valence-corrected chi connectivity index (χ2v) is 7.69. The molecule has 0 amide bonds. The number of aromatic nitrogens is 1. The summed E-state index contributed by atoms with van der Waals surface area (Å²) in [4.78, 5) is 25.9. The second kappa shape index (κ2) is 6.67. The Labute approximate surface area is 141 Å². The molecule has 1 aliphatic heterocycles. The van der Waals surface area contributed by atoms with E-state index in [1.807, 2.05) is 27.7 Å². The van der Waals surface area contributed by atoms with Gasteiger partial charge in [-0.2, -0.15) is 0 Å². The molecule has 0 spiro atoms. The molecule has 0 unspecified atom stereocenters. The highest BCUT2D eigenvalue weighted by atomic mass is 32.2. The SMILES string of the molecule is CC(=O)SCC(=Cc1ccc[nH]c1=O)B1OC(C)(C)C(C)(C)O1. The summed E-state index contributed by atoms with van der Waals surface area (Å²) in [6, 6.07) is 3.48. The molecular formula is C16H22BNO4S. The van der Waals surface area contributed by atoms with E-state index in [-0.39, 0.29) is 10.7 Å². The highest BCUT2D eigenvalue weighted by Crippen LogP contribution is 2.39. The van der Waals surface area contributed by atoms with Gasteiger partial charge in [0, 0.05) is 24.4 Å². The van der Waals surface area contributed by atoms with Crippen molar-refractivity contribution in [2.75, 3.05) is 5.75 Å². The van der Waals surface area contributed by atoms with Crippen LogP contribution in [0.5, 0.6) is 0 Å². The summed E-state index contributed by atoms with van der Waals surface area (Å²) in [6.07, 6.45) is 3.33. The van der Waals surface area contributed by atoms with Crippen LogP contribution >= 0.6 is 11.8 Å². The number of thioether (sulfide) groups is 1. The summed E-state index contributed by atoms with van der Waals surface area (Å²) >= 11 is 1.17. The smallest absolute Gasteiger partial charge is 0.400 e. The lowest BCUT2D eigenvalue weighted by molar-refractivity contribution is -0.109. The maximum atomic E-state index is 11.9. The Bertz CT molecular complexity index is 665. The summed E-state index contributed by atoms with van der Waals surface area (Å²) in [5.41, 5.74) is 0.151. The molecule has 0 bridgehead atoms. The predicted molar refractivity (Wildman–Crippen MR) is 94.3 cm³/mol. The number of rotatable bonds is 4. The van der Waals surface area contributed by atoms with Crippen molar-refractivity contribution in [3.63, 3.8) is 0 Å². The van der Waals surface area contributed by atoms with Gasteiger partial charge in [0.1, 0.15) is 0 Å². The lowest BCUT2D eigenvalue weighted by Crippen LogP contribution is -2.41. The van der Waals surface area contributed by atoms with E-state index >= 15 is 0 Å². The van der Waals surface area contributed by atoms with Gasteiger partial charge in [-0.1, -0.05) is 17.8 Å². The zero-order valence-electron chi connectivity index (χ0n) is 14.1. The van der Waals surface area contributed by atoms with Crippen LogP contribution in [0.25, 0.3) is 6.08 Å². The molecule has 1 aromatic heterocycles. The molecule has 23 heavy (non-hydrogen) atoms. The van der Waals surface area contributed by atoms with Crippen LogP contribution in [0.1, 0.15) is 40.2 Å². The van der Waals surface area contributed by atoms with Gasteiger partial charge in [-0.15, -0.1) is 0 Å². The molecular weight excluding hydrogens is 313 g/mol. The van der Waals surface area contributed by atoms with Crippen molar-refractivity contribution in [1.82, 2.24) is 4.98 Å². The molecule has 1 aromatic rings. The van der Waals surface area contributed by atoms with Crippen molar-refractivity contribution in [3.05, 3.63) is 39.7 Å². The largest absolute Gasteiger partial charge is 0.491 e. The molecule has 0 aliphatic carbocycles. The minimum Gasteiger partial charge on any atom is -0.400 e. The Kier molecular flexibility index (Phi) is 5.23. The molecule has 1 fully saturated rings. The van der Waals surface area contributed by atoms with Crippen molar-refractivity contribution >= 4 is 30.1 Å². The molecule has 124 valence electrons. The van der Waals surface area contributed by atoms with Gasteiger partial charge in [0.2, 0.25) is 0 Å². The van der Waals surface area contributed by atoms with Crippen LogP contribution in [0.3, 0.4) is 0 Å². The number of nitrogens with one attached hydrogen (secondary N) is 1. The van der Waals surface area contributed by atoms with Gasteiger partial charge in [0.05, 0.1) is 11.2 Å². The van der Waals surface area contributed by atoms with E-state index in [9.17, 15) is 9.59 Å². The average molecular weight is 335 g/mol. The van der Waals surface area contributed by atoms with Gasteiger partial charge in [0.15, 0.2) is 5.12 Å². The first-order valence-corrected chi connectivity index (χ1v) is 8.48. The van der Waals surface area contributed by atoms with E-state index < -0.39 is 18.3 Å². The topological polar surface area (TPSA) is 68.4 Å². The van der Waals surface area contributed by atoms with Crippen LogP contribution in [-0.2, 0) is 14.1 Å². The van der Waals surface area contributed by atoms with E-state index in [0.717, 1.165) is 5.47 Å². The Morgan fingerprint density at radius 2 is 1.91 bits per heavy atom. The van der Waals surface area contributed by atoms with Gasteiger partial charge in [-0.25, -0.2) is 0 Å². The Morgan fingerprint density at radius 1 is 1.30 bits per heavy atom. The zero-order chi connectivity index (χ0) is 17.3. The summed E-state index contributed by atoms with van der Waals surface area (Å²) < 4.78 is 12.1. The Balaban J connectivity index is 2.34. The highest BCUT2D eigenvalue weighted by molar-refractivity contribution is 8.13. The molecule has 2 rings (SSSR count). The fourth-order valence-electron chi connectivity index (χ4n) is 2.11. The fourth-order valence-corrected chi connectivity index (χ4v) is 2.69. The molecule has 0 atom stereocenters. The number of aromatic amines is 1. The zero-order valence-corrected chi connectivity index (χ0v) is 15.0. The Hall–Kier alpha value is -1.31. The molecule has 5 nitrogen and oxygen atoms in total. The van der Waals surface area contributed by atoms with Gasteiger partial charge < -0.3 is 14.3 Å². The highest BCUT2D eigenvalue weighted by Gasteiger charge is 2.52. The number of hydrogen-bond donors (Lipinski definition) is 1. The van der Waals surface area contributed by atoms with E-state index in [4.69, 9.17) is 9.31 Å². The summed E-state index contributed by atoms with van der Waals surface area (Å²) in [5, 5.41) is 0.00869. The van der Waals surface area contributed by atoms with Crippen LogP contribution < -0.4 is 5.56 Å². The van der Waals surface area contributed by atoms with Crippen LogP contribution in [0, 0.1) is 0 Å². The molecule has 0 saturated carbocycles. The van der Waals surface area contributed by atoms with Crippen molar-refractivity contribution < 1.29 is 14.1 Å². The van der Waals surface area contributed by atoms with Crippen LogP contribution in [0.4, 0.5) is 0 Å². The van der Waals surface area contributed by atoms with Crippen molar-refractivity contribution in [2.45, 2.75) is 45.8 Å². The van der Waals surface area contributed by atoms with Gasteiger partial charge in [0.25, 0.3) is 5.56 Å². The van der Waals surface area contributed by atoms with E-state index in [2.05, 4.69) is 4.98 Å². The molecule has 1 aliphatic rings. The molecule has 1 saturated heterocycles. The van der Waals surface area contributed by atoms with E-state index in [1.54, 1.807) is 24.4 Å². The average Bonchev–Trinajstić information content (AvgIpc) is 2.65. The van der Waals surface area contributed by atoms with Gasteiger partial charge >= 0.3 is 7.12 Å². The van der Waals surface area contributed by atoms with Gasteiger partial charge in [-0.3, -0.25) is 9.59 Å². The molecule has 2 heterocycles. The minimum absolute atomic E-state index is 0.00869. The first kappa shape index (κ1) is 18.0. The van der Waals surface area contributed by atoms with Crippen LogP contribution in [0.15, 0.2) is 28.6 Å².